The molecule has 0 aromatic heterocycles. The average Bonchev–Trinajstić information content (AvgIpc) is 2.52. The van der Waals surface area contributed by atoms with E-state index in [4.69, 9.17) is 16.7 Å². The number of hydrogen-bond donors (Lipinski definition) is 1. The Morgan fingerprint density at radius 2 is 2.16 bits per heavy atom. The number of rotatable bonds is 1. The first kappa shape index (κ1) is 13.8. The fraction of sp³-hybridized carbons (Fsp3) is 0.385. The molecule has 19 heavy (non-hydrogen) atoms. The third-order valence-corrected chi connectivity index (χ3v) is 3.67. The van der Waals surface area contributed by atoms with Gasteiger partial charge < -0.3 is 5.11 Å². The van der Waals surface area contributed by atoms with Crippen LogP contribution in [0.1, 0.15) is 31.7 Å². The molecule has 1 heterocycles. The largest absolute Gasteiger partial charge is 0.465 e. The van der Waals surface area contributed by atoms with Crippen molar-refractivity contribution in [2.45, 2.75) is 31.7 Å². The van der Waals surface area contributed by atoms with Crippen LogP contribution in [0.25, 0.3) is 0 Å². The number of amides is 2. The summed E-state index contributed by atoms with van der Waals surface area (Å²) in [7, 11) is 0. The van der Waals surface area contributed by atoms with E-state index in [1.165, 1.54) is 12.1 Å². The molecule has 0 bridgehead atoms. The highest BCUT2D eigenvalue weighted by molar-refractivity contribution is 6.30. The van der Waals surface area contributed by atoms with Crippen molar-refractivity contribution in [1.82, 2.24) is 4.90 Å². The lowest BCUT2D eigenvalue weighted by atomic mass is 9.91. The Morgan fingerprint density at radius 3 is 2.63 bits per heavy atom. The Balaban J connectivity index is 2.40. The Hall–Kier alpha value is -1.62. The number of hydrogen-bond acceptors (Lipinski definition) is 2. The van der Waals surface area contributed by atoms with Crippen LogP contribution < -0.4 is 0 Å². The summed E-state index contributed by atoms with van der Waals surface area (Å²) >= 11 is 5.59. The van der Waals surface area contributed by atoms with Gasteiger partial charge in [0.1, 0.15) is 5.82 Å². The van der Waals surface area contributed by atoms with Gasteiger partial charge in [-0.15, -0.1) is 0 Å². The van der Waals surface area contributed by atoms with E-state index in [-0.39, 0.29) is 5.02 Å². The number of imide groups is 1. The first-order chi connectivity index (χ1) is 8.74. The molecule has 0 spiro atoms. The SMILES string of the molecule is CC1(C)CC(c2ccc(Cl)c(F)c2)C(=O)N1C(=O)O. The van der Waals surface area contributed by atoms with Crippen LogP contribution in [0.5, 0.6) is 0 Å². The molecule has 4 nitrogen and oxygen atoms in total. The molecule has 2 amide bonds. The molecule has 1 unspecified atom stereocenters. The number of carboxylic acid groups (broad SMARTS) is 1. The lowest BCUT2D eigenvalue weighted by molar-refractivity contribution is -0.129. The van der Waals surface area contributed by atoms with Gasteiger partial charge in [-0.2, -0.15) is 0 Å². The molecule has 2 rings (SSSR count). The topological polar surface area (TPSA) is 57.6 Å². The van der Waals surface area contributed by atoms with Gasteiger partial charge in [0.2, 0.25) is 5.91 Å². The molecular formula is C13H13ClFNO3. The Bertz CT molecular complexity index is 559. The lowest BCUT2D eigenvalue weighted by Crippen LogP contribution is -2.44. The van der Waals surface area contributed by atoms with E-state index < -0.39 is 29.3 Å². The number of carbonyl (C=O) groups is 2. The maximum atomic E-state index is 13.4. The maximum Gasteiger partial charge on any atom is 0.414 e. The minimum atomic E-state index is -1.29. The van der Waals surface area contributed by atoms with Crippen LogP contribution in [-0.4, -0.2) is 27.5 Å². The molecule has 1 saturated heterocycles. The number of halogens is 2. The molecule has 6 heteroatoms. The molecule has 1 aliphatic heterocycles. The highest BCUT2D eigenvalue weighted by Gasteiger charge is 2.49. The summed E-state index contributed by atoms with van der Waals surface area (Å²) in [6, 6.07) is 4.11. The summed E-state index contributed by atoms with van der Waals surface area (Å²) in [5.41, 5.74) is -0.354. The maximum absolute atomic E-state index is 13.4. The van der Waals surface area contributed by atoms with Crippen molar-refractivity contribution in [3.63, 3.8) is 0 Å². The first-order valence-corrected chi connectivity index (χ1v) is 6.14. The van der Waals surface area contributed by atoms with E-state index >= 15 is 0 Å². The normalized spacial score (nSPS) is 21.8. The molecule has 102 valence electrons. The predicted octanol–water partition coefficient (Wildman–Crippen LogP) is 3.25. The van der Waals surface area contributed by atoms with Crippen LogP contribution >= 0.6 is 11.6 Å². The predicted molar refractivity (Wildman–Crippen MR) is 67.7 cm³/mol. The molecule has 1 fully saturated rings. The smallest absolute Gasteiger partial charge is 0.414 e. The molecule has 1 aromatic carbocycles. The van der Waals surface area contributed by atoms with E-state index in [1.54, 1.807) is 19.9 Å². The second-order valence-corrected chi connectivity index (χ2v) is 5.61. The summed E-state index contributed by atoms with van der Waals surface area (Å²) in [4.78, 5) is 24.1. The summed E-state index contributed by atoms with van der Waals surface area (Å²) in [6.07, 6.45) is -0.967. The Kier molecular flexibility index (Phi) is 3.26. The van der Waals surface area contributed by atoms with E-state index in [2.05, 4.69) is 0 Å². The van der Waals surface area contributed by atoms with Gasteiger partial charge in [0.15, 0.2) is 0 Å². The summed E-state index contributed by atoms with van der Waals surface area (Å²) in [5, 5.41) is 9.07. The number of likely N-dealkylation sites (tertiary alicyclic amines) is 1. The van der Waals surface area contributed by atoms with E-state index in [0.717, 1.165) is 4.90 Å². The highest BCUT2D eigenvalue weighted by atomic mass is 35.5. The van der Waals surface area contributed by atoms with Gasteiger partial charge in [0.05, 0.1) is 10.9 Å². The van der Waals surface area contributed by atoms with Gasteiger partial charge in [-0.3, -0.25) is 4.79 Å². The average molecular weight is 286 g/mol. The van der Waals surface area contributed by atoms with Gasteiger partial charge in [-0.05, 0) is 38.0 Å². The van der Waals surface area contributed by atoms with Crippen molar-refractivity contribution >= 4 is 23.6 Å². The summed E-state index contributed by atoms with van der Waals surface area (Å²) < 4.78 is 13.4. The minimum Gasteiger partial charge on any atom is -0.465 e. The molecule has 0 saturated carbocycles. The molecule has 1 aliphatic rings. The van der Waals surface area contributed by atoms with Crippen molar-refractivity contribution < 1.29 is 19.1 Å². The highest BCUT2D eigenvalue weighted by Crippen LogP contribution is 2.40. The fourth-order valence-electron chi connectivity index (χ4n) is 2.48. The quantitative estimate of drug-likeness (QED) is 0.861. The first-order valence-electron chi connectivity index (χ1n) is 5.76. The third kappa shape index (κ3) is 2.30. The van der Waals surface area contributed by atoms with Crippen molar-refractivity contribution in [2.75, 3.05) is 0 Å². The molecule has 1 N–H and O–H groups in total. The van der Waals surface area contributed by atoms with Gasteiger partial charge in [0.25, 0.3) is 0 Å². The van der Waals surface area contributed by atoms with Crippen LogP contribution in [0.2, 0.25) is 5.02 Å². The van der Waals surface area contributed by atoms with Crippen LogP contribution in [-0.2, 0) is 4.79 Å². The van der Waals surface area contributed by atoms with Crippen LogP contribution in [0.15, 0.2) is 18.2 Å². The number of benzene rings is 1. The molecule has 0 radical (unpaired) electrons. The van der Waals surface area contributed by atoms with Crippen molar-refractivity contribution in [3.05, 3.63) is 34.6 Å². The van der Waals surface area contributed by atoms with Crippen LogP contribution in [0, 0.1) is 5.82 Å². The van der Waals surface area contributed by atoms with Gasteiger partial charge in [-0.1, -0.05) is 17.7 Å². The van der Waals surface area contributed by atoms with Gasteiger partial charge in [0, 0.05) is 5.54 Å². The lowest BCUT2D eigenvalue weighted by Gasteiger charge is -2.26. The zero-order chi connectivity index (χ0) is 14.4. The molecular weight excluding hydrogens is 273 g/mol. The number of carbonyl (C=O) groups excluding carboxylic acids is 1. The second-order valence-electron chi connectivity index (χ2n) is 5.20. The van der Waals surface area contributed by atoms with Crippen LogP contribution in [0.4, 0.5) is 9.18 Å². The van der Waals surface area contributed by atoms with E-state index in [0.29, 0.717) is 12.0 Å². The van der Waals surface area contributed by atoms with Gasteiger partial charge >= 0.3 is 6.09 Å². The number of nitrogens with zero attached hydrogens (tertiary/aromatic N) is 1. The fourth-order valence-corrected chi connectivity index (χ4v) is 2.59. The monoisotopic (exact) mass is 285 g/mol. The van der Waals surface area contributed by atoms with E-state index in [1.807, 2.05) is 0 Å². The Morgan fingerprint density at radius 1 is 1.53 bits per heavy atom. The van der Waals surface area contributed by atoms with E-state index in [9.17, 15) is 14.0 Å². The summed E-state index contributed by atoms with van der Waals surface area (Å²) in [5.74, 6) is -1.80. The van der Waals surface area contributed by atoms with Crippen molar-refractivity contribution in [2.24, 2.45) is 0 Å². The van der Waals surface area contributed by atoms with Gasteiger partial charge in [-0.25, -0.2) is 14.1 Å². The summed E-state index contributed by atoms with van der Waals surface area (Å²) in [6.45, 7) is 3.34. The molecule has 1 atom stereocenters. The molecule has 1 aromatic rings. The van der Waals surface area contributed by atoms with Crippen molar-refractivity contribution in [3.8, 4) is 0 Å². The Labute approximate surface area is 114 Å². The molecule has 0 aliphatic carbocycles. The standard InChI is InChI=1S/C13H13ClFNO3/c1-13(2)6-8(11(17)16(13)12(18)19)7-3-4-9(14)10(15)5-7/h3-5,8H,6H2,1-2H3,(H,18,19). The zero-order valence-corrected chi connectivity index (χ0v) is 11.2. The third-order valence-electron chi connectivity index (χ3n) is 3.36. The van der Waals surface area contributed by atoms with Crippen molar-refractivity contribution in [1.29, 1.82) is 0 Å². The minimum absolute atomic E-state index is 0.0245. The van der Waals surface area contributed by atoms with Crippen LogP contribution in [0.3, 0.4) is 0 Å². The second kappa shape index (κ2) is 4.49. The zero-order valence-electron chi connectivity index (χ0n) is 10.5.